The summed E-state index contributed by atoms with van der Waals surface area (Å²) in [6, 6.07) is 3.81. The van der Waals surface area contributed by atoms with Gasteiger partial charge in [-0.25, -0.2) is 0 Å². The van der Waals surface area contributed by atoms with Gasteiger partial charge in [0.1, 0.15) is 18.6 Å². The Morgan fingerprint density at radius 3 is 2.85 bits per heavy atom. The molecule has 150 valence electrons. The molecule has 27 heavy (non-hydrogen) atoms. The maximum absolute atomic E-state index is 12.6. The first-order valence-corrected chi connectivity index (χ1v) is 10.1. The van der Waals surface area contributed by atoms with Crippen molar-refractivity contribution in [2.75, 3.05) is 13.7 Å². The molecule has 1 saturated heterocycles. The number of fused-ring (bicyclic) bond motifs is 2. The molecule has 2 heterocycles. The third-order valence-corrected chi connectivity index (χ3v) is 7.80. The molecule has 6 nitrogen and oxygen atoms in total. The molecule has 3 N–H and O–H groups in total. The zero-order valence-electron chi connectivity index (χ0n) is 16.6. The van der Waals surface area contributed by atoms with Crippen molar-refractivity contribution in [3.05, 3.63) is 24.2 Å². The summed E-state index contributed by atoms with van der Waals surface area (Å²) in [6.45, 7) is 5.52. The highest BCUT2D eigenvalue weighted by molar-refractivity contribution is 5.75. The van der Waals surface area contributed by atoms with Gasteiger partial charge in [0.2, 0.25) is 0 Å². The van der Waals surface area contributed by atoms with E-state index in [-0.39, 0.29) is 29.3 Å². The summed E-state index contributed by atoms with van der Waals surface area (Å²) >= 11 is 0. The monoisotopic (exact) mass is 378 g/mol. The second-order valence-electron chi connectivity index (χ2n) is 9.17. The highest BCUT2D eigenvalue weighted by Crippen LogP contribution is 2.61. The Labute approximate surface area is 160 Å². The third kappa shape index (κ3) is 2.84. The molecule has 6 atom stereocenters. The fourth-order valence-electron chi connectivity index (χ4n) is 5.99. The number of nitrogens with two attached hydrogens (primary N) is 1. The first-order chi connectivity index (χ1) is 12.8. The Morgan fingerprint density at radius 1 is 1.33 bits per heavy atom. The zero-order chi connectivity index (χ0) is 19.3. The van der Waals surface area contributed by atoms with Crippen LogP contribution in [0.5, 0.6) is 0 Å². The number of methoxy groups -OCH3 is 1. The van der Waals surface area contributed by atoms with Gasteiger partial charge in [0.05, 0.1) is 24.0 Å². The molecule has 0 bridgehead atoms. The lowest BCUT2D eigenvalue weighted by atomic mass is 9.49. The minimum absolute atomic E-state index is 0.0380. The van der Waals surface area contributed by atoms with E-state index in [9.17, 15) is 9.90 Å². The SMILES string of the molecule is CO[C@]1(C)CCC[C@]2(C)C[C@H]3OC(=O)[C@H](C[NH2+]Cc4ccco4)[C@H]3C[C@@]21O. The van der Waals surface area contributed by atoms with Crippen molar-refractivity contribution >= 4 is 5.97 Å². The van der Waals surface area contributed by atoms with Crippen LogP contribution in [-0.4, -0.2) is 42.0 Å². The average Bonchev–Trinajstić information content (AvgIpc) is 3.23. The zero-order valence-corrected chi connectivity index (χ0v) is 16.6. The van der Waals surface area contributed by atoms with E-state index >= 15 is 0 Å². The molecule has 6 heteroatoms. The average molecular weight is 378 g/mol. The minimum atomic E-state index is -0.943. The Hall–Kier alpha value is -1.37. The lowest BCUT2D eigenvalue weighted by molar-refractivity contribution is -0.676. The molecule has 0 spiro atoms. The molecular formula is C21H32NO5+. The van der Waals surface area contributed by atoms with Crippen molar-refractivity contribution < 1.29 is 29.1 Å². The number of ether oxygens (including phenoxy) is 2. The molecule has 2 aliphatic carbocycles. The molecule has 3 fully saturated rings. The summed E-state index contributed by atoms with van der Waals surface area (Å²) < 4.78 is 17.0. The van der Waals surface area contributed by atoms with Gasteiger partial charge in [0.25, 0.3) is 0 Å². The van der Waals surface area contributed by atoms with Crippen molar-refractivity contribution in [3.63, 3.8) is 0 Å². The highest BCUT2D eigenvalue weighted by Gasteiger charge is 2.67. The van der Waals surface area contributed by atoms with Crippen molar-refractivity contribution in [3.8, 4) is 0 Å². The summed E-state index contributed by atoms with van der Waals surface area (Å²) in [5, 5.41) is 14.0. The normalized spacial score (nSPS) is 43.9. The van der Waals surface area contributed by atoms with Gasteiger partial charge in [-0.15, -0.1) is 0 Å². The Balaban J connectivity index is 1.52. The number of aliphatic hydroxyl groups is 1. The van der Waals surface area contributed by atoms with Crippen LogP contribution in [0.15, 0.2) is 22.8 Å². The number of quaternary nitrogens is 1. The van der Waals surface area contributed by atoms with E-state index in [0.717, 1.165) is 25.0 Å². The van der Waals surface area contributed by atoms with Crippen LogP contribution in [0, 0.1) is 17.3 Å². The predicted molar refractivity (Wildman–Crippen MR) is 97.6 cm³/mol. The number of esters is 1. The minimum Gasteiger partial charge on any atom is -0.463 e. The summed E-state index contributed by atoms with van der Waals surface area (Å²) in [5.41, 5.74) is -1.81. The van der Waals surface area contributed by atoms with Crippen molar-refractivity contribution in [1.82, 2.24) is 0 Å². The molecule has 0 aromatic carbocycles. The number of carbonyl (C=O) groups is 1. The second-order valence-corrected chi connectivity index (χ2v) is 9.17. The first kappa shape index (κ1) is 19.0. The van der Waals surface area contributed by atoms with Crippen molar-refractivity contribution in [2.45, 2.75) is 69.8 Å². The summed E-state index contributed by atoms with van der Waals surface area (Å²) in [4.78, 5) is 12.6. The smallest absolute Gasteiger partial charge is 0.315 e. The van der Waals surface area contributed by atoms with Gasteiger partial charge in [-0.3, -0.25) is 4.79 Å². The molecule has 0 unspecified atom stereocenters. The molecule has 3 aliphatic rings. The van der Waals surface area contributed by atoms with Gasteiger partial charge in [-0.1, -0.05) is 6.92 Å². The molecule has 1 aromatic rings. The highest BCUT2D eigenvalue weighted by atomic mass is 16.6. The lowest BCUT2D eigenvalue weighted by Gasteiger charge is -2.61. The fraction of sp³-hybridized carbons (Fsp3) is 0.762. The van der Waals surface area contributed by atoms with Gasteiger partial charge in [-0.05, 0) is 51.2 Å². The molecule has 0 amide bonds. The van der Waals surface area contributed by atoms with Crippen LogP contribution in [0.3, 0.4) is 0 Å². The predicted octanol–water partition coefficient (Wildman–Crippen LogP) is 1.62. The second kappa shape index (κ2) is 6.61. The van der Waals surface area contributed by atoms with Crippen molar-refractivity contribution in [2.24, 2.45) is 17.3 Å². The van der Waals surface area contributed by atoms with Crippen LogP contribution in [0.1, 0.15) is 51.7 Å². The van der Waals surface area contributed by atoms with E-state index in [1.807, 2.05) is 19.1 Å². The molecule has 0 radical (unpaired) electrons. The van der Waals surface area contributed by atoms with Crippen LogP contribution in [-0.2, 0) is 20.8 Å². The van der Waals surface area contributed by atoms with Gasteiger partial charge in [0.15, 0.2) is 5.76 Å². The number of hydrogen-bond donors (Lipinski definition) is 2. The number of carbonyl (C=O) groups excluding carboxylic acids is 1. The topological polar surface area (TPSA) is 85.5 Å². The Morgan fingerprint density at radius 2 is 2.15 bits per heavy atom. The van der Waals surface area contributed by atoms with E-state index in [2.05, 4.69) is 12.2 Å². The molecule has 1 aromatic heterocycles. The Bertz CT molecular complexity index is 691. The van der Waals surface area contributed by atoms with Gasteiger partial charge >= 0.3 is 5.97 Å². The maximum atomic E-state index is 12.6. The first-order valence-electron chi connectivity index (χ1n) is 10.1. The van der Waals surface area contributed by atoms with E-state index in [4.69, 9.17) is 13.9 Å². The fourth-order valence-corrected chi connectivity index (χ4v) is 5.99. The van der Waals surface area contributed by atoms with Crippen LogP contribution in [0.25, 0.3) is 0 Å². The summed E-state index contributed by atoms with van der Waals surface area (Å²) in [5.74, 6) is 0.621. The lowest BCUT2D eigenvalue weighted by Crippen LogP contribution is -2.84. The Kier molecular flexibility index (Phi) is 4.64. The van der Waals surface area contributed by atoms with Crippen molar-refractivity contribution in [1.29, 1.82) is 0 Å². The van der Waals surface area contributed by atoms with Gasteiger partial charge < -0.3 is 24.3 Å². The third-order valence-electron chi connectivity index (χ3n) is 7.80. The van der Waals surface area contributed by atoms with Crippen LogP contribution in [0.2, 0.25) is 0 Å². The standard InChI is InChI=1S/C21H31NO5/c1-19-7-5-8-20(2,25-3)21(19,24)10-15-16(18(23)27-17(15)11-19)13-22-12-14-6-4-9-26-14/h4,6,9,15-17,22,24H,5,7-8,10-13H2,1-3H3/p+1/t15-,16-,17-,19-,20-,21-/m1/s1. The molecule has 4 rings (SSSR count). The van der Waals surface area contributed by atoms with E-state index < -0.39 is 11.2 Å². The van der Waals surface area contributed by atoms with Crippen LogP contribution in [0.4, 0.5) is 0 Å². The number of rotatable bonds is 5. The molecule has 1 aliphatic heterocycles. The van der Waals surface area contributed by atoms with E-state index in [0.29, 0.717) is 25.9 Å². The summed E-state index contributed by atoms with van der Waals surface area (Å²) in [6.07, 6.45) is 5.65. The number of hydrogen-bond acceptors (Lipinski definition) is 5. The van der Waals surface area contributed by atoms with E-state index in [1.165, 1.54) is 0 Å². The molecule has 2 saturated carbocycles. The van der Waals surface area contributed by atoms with Crippen LogP contribution < -0.4 is 5.32 Å². The molecular weight excluding hydrogens is 346 g/mol. The van der Waals surface area contributed by atoms with Gasteiger partial charge in [-0.2, -0.15) is 0 Å². The quantitative estimate of drug-likeness (QED) is 0.761. The summed E-state index contributed by atoms with van der Waals surface area (Å²) in [7, 11) is 1.70. The largest absolute Gasteiger partial charge is 0.463 e. The number of furan rings is 1. The van der Waals surface area contributed by atoms with Gasteiger partial charge in [0, 0.05) is 18.4 Å². The van der Waals surface area contributed by atoms with Crippen LogP contribution >= 0.6 is 0 Å². The van der Waals surface area contributed by atoms with E-state index in [1.54, 1.807) is 13.4 Å². The maximum Gasteiger partial charge on any atom is 0.315 e.